The van der Waals surface area contributed by atoms with E-state index in [-0.39, 0.29) is 4.90 Å². The summed E-state index contributed by atoms with van der Waals surface area (Å²) < 4.78 is 28.2. The molecule has 4 rings (SSSR count). The fourth-order valence-corrected chi connectivity index (χ4v) is 4.39. The number of likely N-dealkylation sites (N-methyl/N-ethyl adjacent to an activating group) is 1. The lowest BCUT2D eigenvalue weighted by Crippen LogP contribution is -2.26. The maximum absolute atomic E-state index is 12.7. The summed E-state index contributed by atoms with van der Waals surface area (Å²) >= 11 is 0. The molecule has 0 radical (unpaired) electrons. The highest BCUT2D eigenvalue weighted by Gasteiger charge is 2.17. The van der Waals surface area contributed by atoms with E-state index in [0.29, 0.717) is 5.69 Å². The third-order valence-corrected chi connectivity index (χ3v) is 6.07. The molecular weight excluding hydrogens is 332 g/mol. The van der Waals surface area contributed by atoms with Crippen molar-refractivity contribution >= 4 is 26.5 Å². The first-order chi connectivity index (χ1) is 12.0. The maximum Gasteiger partial charge on any atom is 0.261 e. The minimum absolute atomic E-state index is 0.281. The summed E-state index contributed by atoms with van der Waals surface area (Å²) in [7, 11) is -1.51. The molecule has 1 aliphatic rings. The third kappa shape index (κ3) is 3.25. The average molecular weight is 352 g/mol. The van der Waals surface area contributed by atoms with Gasteiger partial charge < -0.3 is 4.90 Å². The summed E-state index contributed by atoms with van der Waals surface area (Å²) in [6.45, 7) is 1.90. The zero-order valence-corrected chi connectivity index (χ0v) is 14.9. The Labute approximate surface area is 148 Å². The number of rotatable bonds is 3. The van der Waals surface area contributed by atoms with Gasteiger partial charge in [0, 0.05) is 18.8 Å². The van der Waals surface area contributed by atoms with Gasteiger partial charge in [-0.2, -0.15) is 0 Å². The van der Waals surface area contributed by atoms with Gasteiger partial charge >= 0.3 is 0 Å². The molecule has 0 unspecified atom stereocenters. The number of hydrogen-bond acceptors (Lipinski definition) is 3. The molecule has 0 saturated carbocycles. The average Bonchev–Trinajstić information content (AvgIpc) is 2.61. The van der Waals surface area contributed by atoms with Crippen LogP contribution in [-0.2, 0) is 23.0 Å². The van der Waals surface area contributed by atoms with Crippen LogP contribution < -0.4 is 4.72 Å². The Hall–Kier alpha value is -2.37. The summed E-state index contributed by atoms with van der Waals surface area (Å²) in [4.78, 5) is 2.55. The standard InChI is InChI=1S/C20H20N2O2S/c1-22-11-10-17-12-19(8-6-18(17)14-22)21-25(23,24)20-9-7-15-4-2-3-5-16(15)13-20/h2-9,12-13,21H,10-11,14H2,1H3. The summed E-state index contributed by atoms with van der Waals surface area (Å²) in [5, 5.41) is 1.94. The van der Waals surface area contributed by atoms with Crippen LogP contribution in [0.4, 0.5) is 5.69 Å². The molecule has 0 aliphatic carbocycles. The van der Waals surface area contributed by atoms with E-state index in [1.165, 1.54) is 11.1 Å². The molecule has 0 spiro atoms. The highest BCUT2D eigenvalue weighted by molar-refractivity contribution is 7.92. The number of fused-ring (bicyclic) bond motifs is 2. The molecule has 0 aromatic heterocycles. The van der Waals surface area contributed by atoms with Crippen LogP contribution in [0.3, 0.4) is 0 Å². The van der Waals surface area contributed by atoms with E-state index >= 15 is 0 Å². The molecule has 0 atom stereocenters. The number of hydrogen-bond donors (Lipinski definition) is 1. The van der Waals surface area contributed by atoms with Crippen LogP contribution in [0.25, 0.3) is 10.8 Å². The first kappa shape index (κ1) is 16.1. The van der Waals surface area contributed by atoms with Crippen molar-refractivity contribution in [2.45, 2.75) is 17.9 Å². The fraction of sp³-hybridized carbons (Fsp3) is 0.200. The molecular formula is C20H20N2O2S. The zero-order chi connectivity index (χ0) is 17.4. The molecule has 1 heterocycles. The second-order valence-corrected chi connectivity index (χ2v) is 8.27. The zero-order valence-electron chi connectivity index (χ0n) is 14.1. The summed E-state index contributed by atoms with van der Waals surface area (Å²) in [5.74, 6) is 0. The predicted octanol–water partition coefficient (Wildman–Crippen LogP) is 3.63. The molecule has 0 bridgehead atoms. The Bertz CT molecular complexity index is 1040. The van der Waals surface area contributed by atoms with Crippen LogP contribution in [0.5, 0.6) is 0 Å². The van der Waals surface area contributed by atoms with Crippen molar-refractivity contribution in [3.8, 4) is 0 Å². The fourth-order valence-electron chi connectivity index (χ4n) is 3.31. The second kappa shape index (κ2) is 6.17. The number of nitrogens with zero attached hydrogens (tertiary/aromatic N) is 1. The number of nitrogens with one attached hydrogen (secondary N) is 1. The lowest BCUT2D eigenvalue weighted by molar-refractivity contribution is 0.313. The maximum atomic E-state index is 12.7. The van der Waals surface area contributed by atoms with Crippen molar-refractivity contribution in [2.24, 2.45) is 0 Å². The van der Waals surface area contributed by atoms with Gasteiger partial charge in [0.25, 0.3) is 10.0 Å². The Kier molecular flexibility index (Phi) is 3.98. The van der Waals surface area contributed by atoms with Gasteiger partial charge in [-0.05, 0) is 59.6 Å². The SMILES string of the molecule is CN1CCc2cc(NS(=O)(=O)c3ccc4ccccc4c3)ccc2C1. The van der Waals surface area contributed by atoms with Gasteiger partial charge in [0.15, 0.2) is 0 Å². The van der Waals surface area contributed by atoms with E-state index in [4.69, 9.17) is 0 Å². The van der Waals surface area contributed by atoms with Crippen molar-refractivity contribution in [3.63, 3.8) is 0 Å². The molecule has 1 aliphatic heterocycles. The van der Waals surface area contributed by atoms with Gasteiger partial charge in [-0.3, -0.25) is 4.72 Å². The van der Waals surface area contributed by atoms with Crippen molar-refractivity contribution in [1.82, 2.24) is 4.90 Å². The van der Waals surface area contributed by atoms with Gasteiger partial charge in [-0.1, -0.05) is 36.4 Å². The van der Waals surface area contributed by atoms with Crippen LogP contribution in [0.15, 0.2) is 65.6 Å². The van der Waals surface area contributed by atoms with Crippen LogP contribution in [0.1, 0.15) is 11.1 Å². The molecule has 4 nitrogen and oxygen atoms in total. The van der Waals surface area contributed by atoms with E-state index in [0.717, 1.165) is 30.3 Å². The van der Waals surface area contributed by atoms with Crippen LogP contribution in [0, 0.1) is 0 Å². The largest absolute Gasteiger partial charge is 0.302 e. The topological polar surface area (TPSA) is 49.4 Å². The van der Waals surface area contributed by atoms with Gasteiger partial charge in [0.2, 0.25) is 0 Å². The highest BCUT2D eigenvalue weighted by atomic mass is 32.2. The van der Waals surface area contributed by atoms with Crippen molar-refractivity contribution in [2.75, 3.05) is 18.3 Å². The summed E-state index contributed by atoms with van der Waals surface area (Å²) in [6.07, 6.45) is 0.942. The Morgan fingerprint density at radius 2 is 1.72 bits per heavy atom. The lowest BCUT2D eigenvalue weighted by Gasteiger charge is -2.25. The van der Waals surface area contributed by atoms with Gasteiger partial charge in [0.1, 0.15) is 0 Å². The molecule has 3 aromatic rings. The van der Waals surface area contributed by atoms with Crippen molar-refractivity contribution in [1.29, 1.82) is 0 Å². The van der Waals surface area contributed by atoms with Crippen LogP contribution in [-0.4, -0.2) is 26.9 Å². The van der Waals surface area contributed by atoms with E-state index in [1.54, 1.807) is 12.1 Å². The molecule has 1 N–H and O–H groups in total. The molecule has 0 amide bonds. The molecule has 0 fully saturated rings. The quantitative estimate of drug-likeness (QED) is 0.783. The normalized spacial score (nSPS) is 15.1. The molecule has 5 heteroatoms. The Morgan fingerprint density at radius 3 is 2.56 bits per heavy atom. The molecule has 0 saturated heterocycles. The van der Waals surface area contributed by atoms with Crippen molar-refractivity contribution < 1.29 is 8.42 Å². The Morgan fingerprint density at radius 1 is 0.920 bits per heavy atom. The number of benzene rings is 3. The Balaban J connectivity index is 1.64. The van der Waals surface area contributed by atoms with Crippen molar-refractivity contribution in [3.05, 3.63) is 71.8 Å². The monoisotopic (exact) mass is 352 g/mol. The molecule has 128 valence electrons. The number of anilines is 1. The highest BCUT2D eigenvalue weighted by Crippen LogP contribution is 2.25. The van der Waals surface area contributed by atoms with Gasteiger partial charge in [-0.15, -0.1) is 0 Å². The van der Waals surface area contributed by atoms with E-state index < -0.39 is 10.0 Å². The molecule has 25 heavy (non-hydrogen) atoms. The second-order valence-electron chi connectivity index (χ2n) is 6.59. The smallest absolute Gasteiger partial charge is 0.261 e. The van der Waals surface area contributed by atoms with E-state index in [1.807, 2.05) is 48.5 Å². The van der Waals surface area contributed by atoms with Crippen LogP contribution >= 0.6 is 0 Å². The minimum Gasteiger partial charge on any atom is -0.302 e. The first-order valence-corrected chi connectivity index (χ1v) is 9.81. The van der Waals surface area contributed by atoms with E-state index in [2.05, 4.69) is 16.7 Å². The van der Waals surface area contributed by atoms with Crippen LogP contribution in [0.2, 0.25) is 0 Å². The predicted molar refractivity (Wildman–Crippen MR) is 101 cm³/mol. The minimum atomic E-state index is -3.60. The first-order valence-electron chi connectivity index (χ1n) is 8.33. The number of sulfonamides is 1. The summed E-state index contributed by atoms with van der Waals surface area (Å²) in [5.41, 5.74) is 3.11. The molecule has 3 aromatic carbocycles. The van der Waals surface area contributed by atoms with Gasteiger partial charge in [-0.25, -0.2) is 8.42 Å². The van der Waals surface area contributed by atoms with Gasteiger partial charge in [0.05, 0.1) is 4.90 Å². The third-order valence-electron chi connectivity index (χ3n) is 4.69. The lowest BCUT2D eigenvalue weighted by atomic mass is 10.00. The summed E-state index contributed by atoms with van der Waals surface area (Å²) in [6, 6.07) is 18.8. The van der Waals surface area contributed by atoms with E-state index in [9.17, 15) is 8.42 Å².